The van der Waals surface area contributed by atoms with Crippen molar-refractivity contribution in [1.29, 1.82) is 0 Å². The van der Waals surface area contributed by atoms with Crippen LogP contribution in [-0.2, 0) is 4.74 Å². The van der Waals surface area contributed by atoms with E-state index in [1.165, 1.54) is 12.7 Å². The molecule has 2 aliphatic carbocycles. The third-order valence-electron chi connectivity index (χ3n) is 14.9. The Hall–Kier alpha value is -6.75. The number of pyridine rings is 2. The smallest absolute Gasteiger partial charge is 0.474 e. The van der Waals surface area contributed by atoms with Crippen molar-refractivity contribution in [3.8, 4) is 28.8 Å². The van der Waals surface area contributed by atoms with Gasteiger partial charge in [-0.05, 0) is 62.4 Å². The lowest BCUT2D eigenvalue weighted by Gasteiger charge is -2.43. The largest absolute Gasteiger partial charge is 0.492 e. The molecular weight excluding hydrogens is 991 g/mol. The first kappa shape index (κ1) is 54.1. The zero-order valence-corrected chi connectivity index (χ0v) is 42.8. The van der Waals surface area contributed by atoms with Crippen LogP contribution in [0, 0.1) is 6.92 Å². The molecular formula is C54H68BClN12O8. The van der Waals surface area contributed by atoms with Crippen LogP contribution in [0.1, 0.15) is 64.4 Å². The number of anilines is 6. The van der Waals surface area contributed by atoms with Crippen LogP contribution in [0.4, 0.5) is 34.4 Å². The molecule has 4 atom stereocenters. The number of fused-ring (bicyclic) bond motifs is 4. The summed E-state index contributed by atoms with van der Waals surface area (Å²) < 4.78 is 21.7. The van der Waals surface area contributed by atoms with Gasteiger partial charge in [-0.1, -0.05) is 61.5 Å². The monoisotopic (exact) mass is 1060 g/mol. The number of aromatic nitrogens is 6. The molecule has 6 aliphatic rings. The molecule has 76 heavy (non-hydrogen) atoms. The maximum Gasteiger partial charge on any atom is 0.492 e. The second-order valence-corrected chi connectivity index (χ2v) is 20.4. The quantitative estimate of drug-likeness (QED) is 0.0654. The molecule has 12 rings (SSSR count). The molecule has 2 aromatic carbocycles. The predicted octanol–water partition coefficient (Wildman–Crippen LogP) is 5.04. The van der Waals surface area contributed by atoms with E-state index in [-0.39, 0.29) is 38.6 Å². The van der Waals surface area contributed by atoms with E-state index < -0.39 is 7.12 Å². The zero-order chi connectivity index (χ0) is 52.2. The van der Waals surface area contributed by atoms with Gasteiger partial charge in [-0.15, -0.1) is 20.4 Å². The number of hydrogen-bond donors (Lipinski definition) is 6. The van der Waals surface area contributed by atoms with Crippen molar-refractivity contribution in [2.45, 2.75) is 114 Å². The van der Waals surface area contributed by atoms with Crippen LogP contribution in [0.5, 0.6) is 17.5 Å². The molecule has 8 heterocycles. The number of methoxy groups -OCH3 is 1. The van der Waals surface area contributed by atoms with E-state index in [0.29, 0.717) is 89.6 Å². The van der Waals surface area contributed by atoms with Crippen LogP contribution in [0.2, 0.25) is 5.15 Å². The van der Waals surface area contributed by atoms with Crippen molar-refractivity contribution in [2.24, 2.45) is 0 Å². The third-order valence-corrected chi connectivity index (χ3v) is 15.1. The summed E-state index contributed by atoms with van der Waals surface area (Å²) >= 11 is 6.03. The zero-order valence-electron chi connectivity index (χ0n) is 42.1. The van der Waals surface area contributed by atoms with E-state index in [1.54, 1.807) is 36.5 Å². The van der Waals surface area contributed by atoms with E-state index in [4.69, 9.17) is 52.1 Å². The van der Waals surface area contributed by atoms with Gasteiger partial charge < -0.3 is 70.3 Å². The second-order valence-electron chi connectivity index (χ2n) is 20.0. The molecule has 6 aromatic rings. The van der Waals surface area contributed by atoms with Crippen molar-refractivity contribution in [1.82, 2.24) is 30.4 Å². The van der Waals surface area contributed by atoms with Crippen molar-refractivity contribution >= 4 is 58.6 Å². The molecule has 8 N–H and O–H groups in total. The van der Waals surface area contributed by atoms with Crippen molar-refractivity contribution in [2.75, 3.05) is 71.1 Å². The minimum absolute atomic E-state index is 0. The maximum atomic E-state index is 9.54. The van der Waals surface area contributed by atoms with Crippen LogP contribution in [0.15, 0.2) is 97.3 Å². The Morgan fingerprint density at radius 1 is 0.645 bits per heavy atom. The fraction of sp³-hybridized carbons (Fsp3) is 0.444. The Kier molecular flexibility index (Phi) is 17.1. The van der Waals surface area contributed by atoms with Crippen LogP contribution in [0.25, 0.3) is 11.3 Å². The predicted molar refractivity (Wildman–Crippen MR) is 294 cm³/mol. The summed E-state index contributed by atoms with van der Waals surface area (Å²) in [5, 5.41) is 53.7. The first-order valence-electron chi connectivity index (χ1n) is 25.6. The number of para-hydroxylation sites is 1. The molecule has 2 saturated carbocycles. The fourth-order valence-electron chi connectivity index (χ4n) is 11.1. The number of benzene rings is 2. The minimum atomic E-state index is -1.52. The first-order valence-corrected chi connectivity index (χ1v) is 26.0. The summed E-state index contributed by atoms with van der Waals surface area (Å²) in [5.74, 6) is 2.58. The fourth-order valence-corrected chi connectivity index (χ4v) is 11.2. The number of nitrogens with two attached hydrogens (primary N) is 2. The van der Waals surface area contributed by atoms with Gasteiger partial charge in [0.2, 0.25) is 11.8 Å². The van der Waals surface area contributed by atoms with Gasteiger partial charge in [0.15, 0.2) is 23.6 Å². The highest BCUT2D eigenvalue weighted by Crippen LogP contribution is 2.41. The maximum absolute atomic E-state index is 9.54. The van der Waals surface area contributed by atoms with Gasteiger partial charge in [-0.25, -0.2) is 9.97 Å². The van der Waals surface area contributed by atoms with E-state index in [2.05, 4.69) is 81.2 Å². The number of aliphatic hydroxyl groups is 2. The lowest BCUT2D eigenvalue weighted by Crippen LogP contribution is -2.54. The number of nitrogen functional groups attached to an aromatic ring is 2. The summed E-state index contributed by atoms with van der Waals surface area (Å²) in [4.78, 5) is 18.4. The summed E-state index contributed by atoms with van der Waals surface area (Å²) in [6.45, 7) is 5.65. The average molecular weight is 1060 g/mol. The number of ether oxygens (including phenoxy) is 4. The highest BCUT2D eigenvalue weighted by Gasteiger charge is 2.43. The summed E-state index contributed by atoms with van der Waals surface area (Å²) in [6.07, 6.45) is 10.5. The molecule has 20 nitrogen and oxygen atoms in total. The molecule has 4 saturated heterocycles. The van der Waals surface area contributed by atoms with Crippen molar-refractivity contribution in [3.63, 3.8) is 0 Å². The normalized spacial score (nSPS) is 23.9. The van der Waals surface area contributed by atoms with Gasteiger partial charge in [-0.2, -0.15) is 0 Å². The SMILES string of the molecule is C.COCOc1ccccc1B(O)O.Cc1ccccc1-c1cc(N2CC3CCC(C2)N3c2ccnc(OC3CC(O)C3)c2)c(N)nn1.Nc1nnc(Cl)cc1N1CC2CCC(C1)N2c1ccnc(OC2CC(O)C2)c1. The molecule has 4 aromatic heterocycles. The van der Waals surface area contributed by atoms with E-state index in [9.17, 15) is 10.2 Å². The number of rotatable bonds is 13. The van der Waals surface area contributed by atoms with Crippen molar-refractivity contribution in [3.05, 3.63) is 108 Å². The van der Waals surface area contributed by atoms with Gasteiger partial charge in [0.05, 0.1) is 29.3 Å². The van der Waals surface area contributed by atoms with Crippen LogP contribution < -0.4 is 50.7 Å². The van der Waals surface area contributed by atoms with Gasteiger partial charge in [0, 0.05) is 136 Å². The van der Waals surface area contributed by atoms with E-state index >= 15 is 0 Å². The highest BCUT2D eigenvalue weighted by molar-refractivity contribution is 6.59. The summed E-state index contributed by atoms with van der Waals surface area (Å²) in [5.41, 5.74) is 19.9. The van der Waals surface area contributed by atoms with Gasteiger partial charge in [-0.3, -0.25) is 0 Å². The van der Waals surface area contributed by atoms with Gasteiger partial charge in [0.25, 0.3) is 0 Å². The van der Waals surface area contributed by atoms with Gasteiger partial charge >= 0.3 is 7.12 Å². The summed E-state index contributed by atoms with van der Waals surface area (Å²) in [7, 11) is -0.0223. The Morgan fingerprint density at radius 3 is 1.63 bits per heavy atom. The van der Waals surface area contributed by atoms with Gasteiger partial charge in [0.1, 0.15) is 18.0 Å². The minimum Gasteiger partial charge on any atom is -0.474 e. The molecule has 4 bridgehead atoms. The lowest BCUT2D eigenvalue weighted by atomic mass is 9.80. The molecule has 6 fully saturated rings. The molecule has 22 heteroatoms. The molecule has 4 unspecified atom stereocenters. The second kappa shape index (κ2) is 24.1. The van der Waals surface area contributed by atoms with E-state index in [1.807, 2.05) is 36.5 Å². The topological polar surface area (TPSA) is 260 Å². The summed E-state index contributed by atoms with van der Waals surface area (Å²) in [6, 6.07) is 28.5. The average Bonchev–Trinajstić information content (AvgIpc) is 3.86. The van der Waals surface area contributed by atoms with Crippen LogP contribution in [-0.4, -0.2) is 146 Å². The number of hydrogen-bond acceptors (Lipinski definition) is 20. The number of piperazine rings is 2. The molecule has 0 spiro atoms. The first-order chi connectivity index (χ1) is 36.4. The molecule has 402 valence electrons. The third kappa shape index (κ3) is 12.2. The highest BCUT2D eigenvalue weighted by atomic mass is 35.5. The molecule has 0 amide bonds. The molecule has 0 radical (unpaired) electrons. The Balaban J connectivity index is 0.000000151. The van der Waals surface area contributed by atoms with E-state index in [0.717, 1.165) is 85.9 Å². The number of aryl methyl sites for hydroxylation is 1. The molecule has 4 aliphatic heterocycles. The van der Waals surface area contributed by atoms with Crippen molar-refractivity contribution < 1.29 is 39.2 Å². The number of aliphatic hydroxyl groups excluding tert-OH is 2. The Morgan fingerprint density at radius 2 is 1.13 bits per heavy atom. The van der Waals surface area contributed by atoms with Crippen LogP contribution >= 0.6 is 11.6 Å². The standard InChI is InChI=1S/C26H30N6O2.C19H23ClN6O2.C8H11BO4.CH4/c1-16-4-2-3-5-22(16)23-13-24(26(27)30-29-23)31-14-18-6-7-19(15-31)32(18)17-8-9-28-25(10-17)34-21-11-20(33)12-21;20-17-8-16(19(21)24-23-17)25-9-12-1-2-13(10-25)26(12)11-3-4-22-18(5-11)28-15-6-14(27)7-15;1-12-6-13-8-5-3-2-4-7(8)9(10)11;/h2-5,8-10,13,18-21,33H,6-7,11-12,14-15H2,1H3,(H2,27,30);3-5,8,12-15,27H,1-2,6-7,9-10H2,(H2,21,24);2-5,10-11H,6H2,1H3;1H4. The Labute approximate surface area is 448 Å². The number of nitrogens with zero attached hydrogens (tertiary/aromatic N) is 10. The van der Waals surface area contributed by atoms with Crippen LogP contribution in [0.3, 0.4) is 0 Å². The lowest BCUT2D eigenvalue weighted by molar-refractivity contribution is -0.0133. The Bertz CT molecular complexity index is 2880. The number of halogens is 1.